The Morgan fingerprint density at radius 2 is 1.93 bits per heavy atom. The zero-order valence-electron chi connectivity index (χ0n) is 9.89. The molecule has 0 heterocycles. The Bertz CT molecular complexity index is 130. The maximum Gasteiger partial charge on any atom is 0.00670 e. The van der Waals surface area contributed by atoms with E-state index in [1.165, 1.54) is 58.2 Å². The predicted molar refractivity (Wildman–Crippen MR) is 62.7 cm³/mol. The number of nitrogens with zero attached hydrogens (tertiary/aromatic N) is 1. The average molecular weight is 198 g/mol. The van der Waals surface area contributed by atoms with Gasteiger partial charge in [0.05, 0.1) is 0 Å². The fourth-order valence-electron chi connectivity index (χ4n) is 2.12. The van der Waals surface area contributed by atoms with Crippen LogP contribution in [0.3, 0.4) is 0 Å². The molecule has 0 unspecified atom stereocenters. The molecule has 1 aliphatic rings. The Kier molecular flexibility index (Phi) is 6.20. The number of nitrogens with one attached hydrogen (secondary N) is 1. The number of rotatable bonds is 6. The summed E-state index contributed by atoms with van der Waals surface area (Å²) in [5, 5.41) is 3.67. The standard InChI is InChI=1S/C12H26N2/c1-3-14(2)11-7-10-13-12-8-5-4-6-9-12/h12-13H,3-11H2,1-2H3. The molecule has 2 heteroatoms. The van der Waals surface area contributed by atoms with E-state index in [1.807, 2.05) is 0 Å². The van der Waals surface area contributed by atoms with Gasteiger partial charge >= 0.3 is 0 Å². The topological polar surface area (TPSA) is 15.3 Å². The predicted octanol–water partition coefficient (Wildman–Crippen LogP) is 2.25. The summed E-state index contributed by atoms with van der Waals surface area (Å²) in [4.78, 5) is 2.38. The summed E-state index contributed by atoms with van der Waals surface area (Å²) in [6, 6.07) is 0.829. The summed E-state index contributed by atoms with van der Waals surface area (Å²) < 4.78 is 0. The van der Waals surface area contributed by atoms with E-state index in [0.717, 1.165) is 6.04 Å². The van der Waals surface area contributed by atoms with Gasteiger partial charge in [-0.2, -0.15) is 0 Å². The SMILES string of the molecule is CCN(C)CCCNC1CCCCC1. The van der Waals surface area contributed by atoms with Crippen molar-refractivity contribution < 1.29 is 0 Å². The average Bonchev–Trinajstić information content (AvgIpc) is 2.25. The first kappa shape index (κ1) is 12.0. The molecule has 0 bridgehead atoms. The van der Waals surface area contributed by atoms with Gasteiger partial charge in [0.25, 0.3) is 0 Å². The largest absolute Gasteiger partial charge is 0.314 e. The van der Waals surface area contributed by atoms with Crippen LogP contribution in [-0.2, 0) is 0 Å². The van der Waals surface area contributed by atoms with Crippen LogP contribution in [0.5, 0.6) is 0 Å². The highest BCUT2D eigenvalue weighted by Gasteiger charge is 2.11. The molecule has 1 aliphatic carbocycles. The van der Waals surface area contributed by atoms with Gasteiger partial charge in [0, 0.05) is 6.04 Å². The Morgan fingerprint density at radius 3 is 2.57 bits per heavy atom. The van der Waals surface area contributed by atoms with Crippen LogP contribution in [0.25, 0.3) is 0 Å². The first-order valence-electron chi connectivity index (χ1n) is 6.25. The fourth-order valence-corrected chi connectivity index (χ4v) is 2.12. The van der Waals surface area contributed by atoms with Crippen molar-refractivity contribution in [1.82, 2.24) is 10.2 Å². The number of hydrogen-bond donors (Lipinski definition) is 1. The molecule has 0 atom stereocenters. The van der Waals surface area contributed by atoms with Crippen molar-refractivity contribution in [2.45, 2.75) is 51.5 Å². The lowest BCUT2D eigenvalue weighted by Crippen LogP contribution is -2.33. The minimum Gasteiger partial charge on any atom is -0.314 e. The molecule has 0 saturated heterocycles. The highest BCUT2D eigenvalue weighted by Crippen LogP contribution is 2.17. The van der Waals surface area contributed by atoms with Crippen molar-refractivity contribution in [3.8, 4) is 0 Å². The third-order valence-electron chi connectivity index (χ3n) is 3.29. The first-order chi connectivity index (χ1) is 6.83. The van der Waals surface area contributed by atoms with Gasteiger partial charge in [0.1, 0.15) is 0 Å². The van der Waals surface area contributed by atoms with Crippen LogP contribution in [0, 0.1) is 0 Å². The van der Waals surface area contributed by atoms with E-state index < -0.39 is 0 Å². The maximum absolute atomic E-state index is 3.67. The Labute approximate surface area is 89.1 Å². The summed E-state index contributed by atoms with van der Waals surface area (Å²) in [6.45, 7) is 5.82. The molecule has 0 radical (unpaired) electrons. The Morgan fingerprint density at radius 1 is 1.21 bits per heavy atom. The minimum absolute atomic E-state index is 0.829. The summed E-state index contributed by atoms with van der Waals surface area (Å²) in [6.07, 6.45) is 8.43. The third kappa shape index (κ3) is 4.97. The molecular formula is C12H26N2. The lowest BCUT2D eigenvalue weighted by molar-refractivity contribution is 0.326. The zero-order valence-corrected chi connectivity index (χ0v) is 9.89. The lowest BCUT2D eigenvalue weighted by Gasteiger charge is -2.23. The van der Waals surface area contributed by atoms with Crippen molar-refractivity contribution in [3.05, 3.63) is 0 Å². The van der Waals surface area contributed by atoms with Crippen LogP contribution in [-0.4, -0.2) is 37.6 Å². The Hall–Kier alpha value is -0.0800. The van der Waals surface area contributed by atoms with E-state index >= 15 is 0 Å². The van der Waals surface area contributed by atoms with E-state index in [1.54, 1.807) is 0 Å². The minimum atomic E-state index is 0.829. The second kappa shape index (κ2) is 7.24. The molecule has 84 valence electrons. The van der Waals surface area contributed by atoms with Crippen molar-refractivity contribution in [3.63, 3.8) is 0 Å². The van der Waals surface area contributed by atoms with E-state index in [9.17, 15) is 0 Å². The van der Waals surface area contributed by atoms with Crippen molar-refractivity contribution in [2.24, 2.45) is 0 Å². The summed E-state index contributed by atoms with van der Waals surface area (Å²) in [7, 11) is 2.20. The van der Waals surface area contributed by atoms with Gasteiger partial charge in [-0.05, 0) is 45.9 Å². The first-order valence-corrected chi connectivity index (χ1v) is 6.25. The van der Waals surface area contributed by atoms with Gasteiger partial charge < -0.3 is 10.2 Å². The van der Waals surface area contributed by atoms with Crippen LogP contribution in [0.2, 0.25) is 0 Å². The van der Waals surface area contributed by atoms with Gasteiger partial charge in [0.2, 0.25) is 0 Å². The van der Waals surface area contributed by atoms with Crippen molar-refractivity contribution in [2.75, 3.05) is 26.7 Å². The molecule has 1 N–H and O–H groups in total. The van der Waals surface area contributed by atoms with Crippen LogP contribution in [0.15, 0.2) is 0 Å². The maximum atomic E-state index is 3.67. The molecule has 1 rings (SSSR count). The van der Waals surface area contributed by atoms with Crippen LogP contribution >= 0.6 is 0 Å². The monoisotopic (exact) mass is 198 g/mol. The number of hydrogen-bond acceptors (Lipinski definition) is 2. The van der Waals surface area contributed by atoms with E-state index in [0.29, 0.717) is 0 Å². The highest BCUT2D eigenvalue weighted by molar-refractivity contribution is 4.71. The summed E-state index contributed by atoms with van der Waals surface area (Å²) in [5.41, 5.74) is 0. The molecule has 0 aromatic carbocycles. The summed E-state index contributed by atoms with van der Waals surface area (Å²) in [5.74, 6) is 0. The molecule has 1 fully saturated rings. The molecule has 14 heavy (non-hydrogen) atoms. The van der Waals surface area contributed by atoms with Crippen molar-refractivity contribution >= 4 is 0 Å². The highest BCUT2D eigenvalue weighted by atomic mass is 15.1. The molecule has 0 aromatic rings. The summed E-state index contributed by atoms with van der Waals surface area (Å²) >= 11 is 0. The quantitative estimate of drug-likeness (QED) is 0.659. The fraction of sp³-hybridized carbons (Fsp3) is 1.00. The van der Waals surface area contributed by atoms with E-state index in [-0.39, 0.29) is 0 Å². The van der Waals surface area contributed by atoms with E-state index in [2.05, 4.69) is 24.2 Å². The zero-order chi connectivity index (χ0) is 10.2. The molecule has 0 aromatic heterocycles. The van der Waals surface area contributed by atoms with Crippen molar-refractivity contribution in [1.29, 1.82) is 0 Å². The lowest BCUT2D eigenvalue weighted by atomic mass is 9.95. The van der Waals surface area contributed by atoms with Gasteiger partial charge in [0.15, 0.2) is 0 Å². The smallest absolute Gasteiger partial charge is 0.00670 e. The van der Waals surface area contributed by atoms with Gasteiger partial charge in [-0.3, -0.25) is 0 Å². The molecular weight excluding hydrogens is 172 g/mol. The normalized spacial score (nSPS) is 19.1. The van der Waals surface area contributed by atoms with Crippen LogP contribution in [0.1, 0.15) is 45.4 Å². The van der Waals surface area contributed by atoms with E-state index in [4.69, 9.17) is 0 Å². The molecule has 1 saturated carbocycles. The second-order valence-corrected chi connectivity index (χ2v) is 4.54. The molecule has 0 aliphatic heterocycles. The molecule has 0 spiro atoms. The van der Waals surface area contributed by atoms with Gasteiger partial charge in [-0.15, -0.1) is 0 Å². The molecule has 2 nitrogen and oxygen atoms in total. The third-order valence-corrected chi connectivity index (χ3v) is 3.29. The van der Waals surface area contributed by atoms with Crippen LogP contribution < -0.4 is 5.32 Å². The van der Waals surface area contributed by atoms with Crippen LogP contribution in [0.4, 0.5) is 0 Å². The molecule has 0 amide bonds. The Balaban J connectivity index is 1.92. The second-order valence-electron chi connectivity index (χ2n) is 4.54. The van der Waals surface area contributed by atoms with Gasteiger partial charge in [-0.1, -0.05) is 26.2 Å². The van der Waals surface area contributed by atoms with Gasteiger partial charge in [-0.25, -0.2) is 0 Å².